The summed E-state index contributed by atoms with van der Waals surface area (Å²) in [6.45, 7) is 3.59. The number of carbonyl (C=O) groups is 1. The molecule has 0 saturated carbocycles. The summed E-state index contributed by atoms with van der Waals surface area (Å²) in [6.07, 6.45) is 0. The van der Waals surface area contributed by atoms with Gasteiger partial charge in [0.1, 0.15) is 5.01 Å². The Morgan fingerprint density at radius 2 is 2.04 bits per heavy atom. The molecular formula is C18H18ClN3OS2. The zero-order chi connectivity index (χ0) is 17.6. The first-order chi connectivity index (χ1) is 12.2. The number of thiazole rings is 1. The summed E-state index contributed by atoms with van der Waals surface area (Å²) >= 11 is 9.00. The van der Waals surface area contributed by atoms with Gasteiger partial charge >= 0.3 is 6.03 Å². The summed E-state index contributed by atoms with van der Waals surface area (Å²) in [5.41, 5.74) is 2.02. The molecule has 0 radical (unpaired) electrons. The number of carbonyl (C=O) groups excluding carboxylic acids is 1. The smallest absolute Gasteiger partial charge is 0.318 e. The lowest BCUT2D eigenvalue weighted by Gasteiger charge is -2.20. The van der Waals surface area contributed by atoms with Gasteiger partial charge in [0.2, 0.25) is 0 Å². The molecule has 0 bridgehead atoms. The van der Waals surface area contributed by atoms with Crippen molar-refractivity contribution in [1.29, 1.82) is 0 Å². The van der Waals surface area contributed by atoms with E-state index in [4.69, 9.17) is 11.6 Å². The molecule has 2 heterocycles. The van der Waals surface area contributed by atoms with E-state index in [1.807, 2.05) is 54.8 Å². The van der Waals surface area contributed by atoms with Crippen LogP contribution in [0.4, 0.5) is 4.79 Å². The number of halogens is 1. The predicted octanol–water partition coefficient (Wildman–Crippen LogP) is 5.26. The minimum atomic E-state index is -0.0940. The van der Waals surface area contributed by atoms with Gasteiger partial charge in [0.25, 0.3) is 0 Å². The summed E-state index contributed by atoms with van der Waals surface area (Å²) in [7, 11) is 0. The predicted molar refractivity (Wildman–Crippen MR) is 105 cm³/mol. The standard InChI is InChI=1S/C18H18ClN3OS2/c1-2-22(11-14-8-9-16(19)25-14)18(23)20-10-17-21-15(12-24-17)13-6-4-3-5-7-13/h3-9,12H,2,10-11H2,1H3,(H,20,23). The van der Waals surface area contributed by atoms with Crippen molar-refractivity contribution in [1.82, 2.24) is 15.2 Å². The van der Waals surface area contributed by atoms with Crippen molar-refractivity contribution in [3.8, 4) is 11.3 Å². The van der Waals surface area contributed by atoms with Crippen LogP contribution in [-0.2, 0) is 13.1 Å². The third-order valence-electron chi connectivity index (χ3n) is 3.66. The fraction of sp³-hybridized carbons (Fsp3) is 0.222. The van der Waals surface area contributed by atoms with Crippen molar-refractivity contribution in [2.24, 2.45) is 0 Å². The van der Waals surface area contributed by atoms with E-state index in [1.54, 1.807) is 16.2 Å². The van der Waals surface area contributed by atoms with Gasteiger partial charge in [-0.05, 0) is 19.1 Å². The summed E-state index contributed by atoms with van der Waals surface area (Å²) < 4.78 is 0.739. The molecule has 2 aromatic heterocycles. The van der Waals surface area contributed by atoms with Gasteiger partial charge in [-0.15, -0.1) is 22.7 Å². The van der Waals surface area contributed by atoms with Crippen LogP contribution in [0.2, 0.25) is 4.34 Å². The molecule has 3 aromatic rings. The van der Waals surface area contributed by atoms with Gasteiger partial charge in [0.05, 0.1) is 23.1 Å². The molecule has 2 amide bonds. The number of hydrogen-bond acceptors (Lipinski definition) is 4. The molecule has 0 atom stereocenters. The van der Waals surface area contributed by atoms with Crippen LogP contribution in [0, 0.1) is 0 Å². The van der Waals surface area contributed by atoms with Crippen LogP contribution < -0.4 is 5.32 Å². The summed E-state index contributed by atoms with van der Waals surface area (Å²) in [6, 6.07) is 13.7. The van der Waals surface area contributed by atoms with Crippen molar-refractivity contribution >= 4 is 40.3 Å². The zero-order valence-corrected chi connectivity index (χ0v) is 16.1. The van der Waals surface area contributed by atoms with E-state index >= 15 is 0 Å². The molecule has 0 aliphatic rings. The van der Waals surface area contributed by atoms with Crippen LogP contribution >= 0.6 is 34.3 Å². The topological polar surface area (TPSA) is 45.2 Å². The van der Waals surface area contributed by atoms with E-state index in [-0.39, 0.29) is 6.03 Å². The quantitative estimate of drug-likeness (QED) is 0.623. The highest BCUT2D eigenvalue weighted by Gasteiger charge is 2.14. The van der Waals surface area contributed by atoms with Crippen LogP contribution in [0.1, 0.15) is 16.8 Å². The number of urea groups is 1. The first kappa shape index (κ1) is 17.9. The molecule has 1 N–H and O–H groups in total. The molecular weight excluding hydrogens is 374 g/mol. The molecule has 0 aliphatic heterocycles. The van der Waals surface area contributed by atoms with Gasteiger partial charge < -0.3 is 10.2 Å². The number of nitrogens with one attached hydrogen (secondary N) is 1. The lowest BCUT2D eigenvalue weighted by Crippen LogP contribution is -2.38. The highest BCUT2D eigenvalue weighted by atomic mass is 35.5. The van der Waals surface area contributed by atoms with E-state index in [0.29, 0.717) is 19.6 Å². The van der Waals surface area contributed by atoms with Crippen molar-refractivity contribution in [3.63, 3.8) is 0 Å². The number of amides is 2. The Labute approximate surface area is 160 Å². The van der Waals surface area contributed by atoms with Crippen molar-refractivity contribution in [2.75, 3.05) is 6.54 Å². The minimum absolute atomic E-state index is 0.0940. The second-order valence-electron chi connectivity index (χ2n) is 5.37. The van der Waals surface area contributed by atoms with Gasteiger partial charge in [-0.1, -0.05) is 41.9 Å². The number of thiophene rings is 1. The summed E-state index contributed by atoms with van der Waals surface area (Å²) in [5.74, 6) is 0. The van der Waals surface area contributed by atoms with Crippen LogP contribution in [0.25, 0.3) is 11.3 Å². The van der Waals surface area contributed by atoms with Crippen molar-refractivity contribution in [3.05, 3.63) is 62.1 Å². The Kier molecular flexibility index (Phi) is 6.07. The monoisotopic (exact) mass is 391 g/mol. The molecule has 4 nitrogen and oxygen atoms in total. The Hall–Kier alpha value is -1.89. The van der Waals surface area contributed by atoms with E-state index in [9.17, 15) is 4.79 Å². The molecule has 25 heavy (non-hydrogen) atoms. The maximum Gasteiger partial charge on any atom is 0.318 e. The molecule has 7 heteroatoms. The van der Waals surface area contributed by atoms with E-state index in [1.165, 1.54) is 11.3 Å². The maximum absolute atomic E-state index is 12.4. The molecule has 0 saturated heterocycles. The van der Waals surface area contributed by atoms with Crippen LogP contribution in [0.15, 0.2) is 47.8 Å². The molecule has 0 fully saturated rings. The second kappa shape index (κ2) is 8.47. The van der Waals surface area contributed by atoms with Crippen molar-refractivity contribution in [2.45, 2.75) is 20.0 Å². The highest BCUT2D eigenvalue weighted by Crippen LogP contribution is 2.23. The lowest BCUT2D eigenvalue weighted by atomic mass is 10.2. The number of rotatable bonds is 6. The number of hydrogen-bond donors (Lipinski definition) is 1. The number of benzene rings is 1. The molecule has 1 aromatic carbocycles. The average molecular weight is 392 g/mol. The van der Waals surface area contributed by atoms with Crippen LogP contribution in [-0.4, -0.2) is 22.5 Å². The van der Waals surface area contributed by atoms with E-state index in [0.717, 1.165) is 25.5 Å². The fourth-order valence-corrected chi connectivity index (χ4v) is 4.19. The molecule has 0 spiro atoms. The van der Waals surface area contributed by atoms with E-state index < -0.39 is 0 Å². The Balaban J connectivity index is 1.57. The summed E-state index contributed by atoms with van der Waals surface area (Å²) in [5, 5.41) is 5.86. The maximum atomic E-state index is 12.4. The Morgan fingerprint density at radius 1 is 1.24 bits per heavy atom. The zero-order valence-electron chi connectivity index (χ0n) is 13.7. The lowest BCUT2D eigenvalue weighted by molar-refractivity contribution is 0.198. The Morgan fingerprint density at radius 3 is 2.72 bits per heavy atom. The average Bonchev–Trinajstić information content (AvgIpc) is 3.27. The SMILES string of the molecule is CCN(Cc1ccc(Cl)s1)C(=O)NCc1nc(-c2ccccc2)cs1. The molecule has 130 valence electrons. The van der Waals surface area contributed by atoms with Crippen molar-refractivity contribution < 1.29 is 4.79 Å². The van der Waals surface area contributed by atoms with Crippen LogP contribution in [0.5, 0.6) is 0 Å². The van der Waals surface area contributed by atoms with Gasteiger partial charge in [0.15, 0.2) is 0 Å². The van der Waals surface area contributed by atoms with Gasteiger partial charge in [0, 0.05) is 22.4 Å². The third-order valence-corrected chi connectivity index (χ3v) is 5.72. The second-order valence-corrected chi connectivity index (χ2v) is 8.11. The number of nitrogens with zero attached hydrogens (tertiary/aromatic N) is 2. The molecule has 0 unspecified atom stereocenters. The third kappa shape index (κ3) is 4.81. The largest absolute Gasteiger partial charge is 0.331 e. The minimum Gasteiger partial charge on any atom is -0.331 e. The fourth-order valence-electron chi connectivity index (χ4n) is 2.35. The van der Waals surface area contributed by atoms with Crippen LogP contribution in [0.3, 0.4) is 0 Å². The highest BCUT2D eigenvalue weighted by molar-refractivity contribution is 7.16. The van der Waals surface area contributed by atoms with E-state index in [2.05, 4.69) is 10.3 Å². The van der Waals surface area contributed by atoms with Gasteiger partial charge in [-0.25, -0.2) is 9.78 Å². The first-order valence-corrected chi connectivity index (χ1v) is 10.00. The Bertz CT molecular complexity index is 832. The molecule has 3 rings (SSSR count). The molecule has 0 aliphatic carbocycles. The number of aromatic nitrogens is 1. The normalized spacial score (nSPS) is 10.6. The van der Waals surface area contributed by atoms with Gasteiger partial charge in [-0.2, -0.15) is 0 Å². The first-order valence-electron chi connectivity index (χ1n) is 7.92. The van der Waals surface area contributed by atoms with Gasteiger partial charge in [-0.3, -0.25) is 0 Å². The summed E-state index contributed by atoms with van der Waals surface area (Å²) in [4.78, 5) is 19.8.